The Morgan fingerprint density at radius 2 is 1.13 bits per heavy atom. The molecule has 3 saturated heterocycles. The molecule has 0 unspecified atom stereocenters. The number of hydrogen-bond donors (Lipinski definition) is 2. The van der Waals surface area contributed by atoms with E-state index in [-0.39, 0.29) is 25.7 Å². The molecule has 236 valence electrons. The van der Waals surface area contributed by atoms with Gasteiger partial charge >= 0.3 is 12.2 Å². The van der Waals surface area contributed by atoms with Gasteiger partial charge in [0.05, 0.1) is 6.61 Å². The van der Waals surface area contributed by atoms with Gasteiger partial charge in [0.25, 0.3) is 0 Å². The number of ether oxygens (including phenoxy) is 5. The summed E-state index contributed by atoms with van der Waals surface area (Å²) in [6.45, 7) is 4.83. The zero-order valence-electron chi connectivity index (χ0n) is 25.6. The lowest BCUT2D eigenvalue weighted by Gasteiger charge is -2.33. The molecule has 0 bridgehead atoms. The van der Waals surface area contributed by atoms with Crippen LogP contribution >= 0.6 is 0 Å². The summed E-state index contributed by atoms with van der Waals surface area (Å²) in [4.78, 5) is 26.9. The van der Waals surface area contributed by atoms with Crippen molar-refractivity contribution in [2.45, 2.75) is 56.9 Å². The van der Waals surface area contributed by atoms with Crippen LogP contribution in [0.5, 0.6) is 0 Å². The van der Waals surface area contributed by atoms with Crippen molar-refractivity contribution in [3.05, 3.63) is 131 Å². The van der Waals surface area contributed by atoms with Crippen molar-refractivity contribution < 1.29 is 33.3 Å². The number of benzene rings is 4. The van der Waals surface area contributed by atoms with Crippen LogP contribution in [0.1, 0.15) is 36.1 Å². The van der Waals surface area contributed by atoms with E-state index in [2.05, 4.69) is 15.5 Å². The van der Waals surface area contributed by atoms with Crippen molar-refractivity contribution in [1.82, 2.24) is 4.90 Å². The summed E-state index contributed by atoms with van der Waals surface area (Å²) in [6, 6.07) is 34.1. The van der Waals surface area contributed by atoms with Gasteiger partial charge in [-0.1, -0.05) is 84.9 Å². The minimum Gasteiger partial charge on any atom is -0.444 e. The highest BCUT2D eigenvalue weighted by Crippen LogP contribution is 2.55. The van der Waals surface area contributed by atoms with E-state index in [4.69, 9.17) is 23.7 Å². The summed E-state index contributed by atoms with van der Waals surface area (Å²) in [5.74, 6) is 0. The topological polar surface area (TPSA) is 108 Å². The van der Waals surface area contributed by atoms with E-state index in [1.165, 1.54) is 0 Å². The van der Waals surface area contributed by atoms with Crippen LogP contribution in [0.2, 0.25) is 0 Å². The maximum atomic E-state index is 12.4. The SMILES string of the molecule is C[C@]1(c2ccc(NC(=O)OCc3ccccc3)cc2)O[C@H]2CO[C@@H]3N2[C@H]1O[C@]3(C)c1ccc(NC(=O)OCc2ccccc2)cc1. The Hall–Kier alpha value is -4.74. The first kappa shape index (κ1) is 29.9. The molecule has 46 heavy (non-hydrogen) atoms. The van der Waals surface area contributed by atoms with Crippen LogP contribution in [0, 0.1) is 0 Å². The number of nitrogens with zero attached hydrogens (tertiary/aromatic N) is 1. The Bertz CT molecular complexity index is 1590. The fraction of sp³-hybridized carbons (Fsp3) is 0.278. The standard InChI is InChI=1S/C36H35N3O7/c1-35(26-13-17-28(18-14-26)37-33(40)43-21-24-9-5-3-6-10-24)31-39-30(23-42-31)45-36(2,32(39)46-35)27-15-19-29(20-16-27)38-34(41)44-22-25-11-7-4-8-12-25/h3-20,30-32H,21-23H2,1-2H3,(H,37,40)(H,38,41)/t30-,31-,32-,35+,36+/m0/s1. The summed E-state index contributed by atoms with van der Waals surface area (Å²) < 4.78 is 30.3. The molecular weight excluding hydrogens is 586 g/mol. The van der Waals surface area contributed by atoms with E-state index in [1.54, 1.807) is 0 Å². The van der Waals surface area contributed by atoms with E-state index < -0.39 is 29.6 Å². The molecule has 10 heteroatoms. The fourth-order valence-electron chi connectivity index (χ4n) is 6.34. The van der Waals surface area contributed by atoms with Crippen LogP contribution in [0.15, 0.2) is 109 Å². The Labute approximate surface area is 267 Å². The first-order chi connectivity index (χ1) is 22.3. The van der Waals surface area contributed by atoms with Gasteiger partial charge in [0.2, 0.25) is 0 Å². The Morgan fingerprint density at radius 3 is 1.61 bits per heavy atom. The zero-order chi connectivity index (χ0) is 31.7. The van der Waals surface area contributed by atoms with Gasteiger partial charge in [0.15, 0.2) is 0 Å². The van der Waals surface area contributed by atoms with Gasteiger partial charge in [-0.15, -0.1) is 0 Å². The molecule has 4 aromatic rings. The number of anilines is 2. The van der Waals surface area contributed by atoms with Gasteiger partial charge < -0.3 is 23.7 Å². The zero-order valence-corrected chi connectivity index (χ0v) is 25.6. The van der Waals surface area contributed by atoms with E-state index >= 15 is 0 Å². The summed E-state index contributed by atoms with van der Waals surface area (Å²) in [5.41, 5.74) is 3.29. The van der Waals surface area contributed by atoms with Gasteiger partial charge in [-0.25, -0.2) is 14.5 Å². The second kappa shape index (κ2) is 12.2. The van der Waals surface area contributed by atoms with E-state index in [1.807, 2.05) is 123 Å². The van der Waals surface area contributed by atoms with Crippen LogP contribution in [0.3, 0.4) is 0 Å². The molecule has 7 rings (SSSR count). The van der Waals surface area contributed by atoms with E-state index in [9.17, 15) is 9.59 Å². The van der Waals surface area contributed by atoms with Gasteiger partial charge in [-0.3, -0.25) is 10.6 Å². The first-order valence-corrected chi connectivity index (χ1v) is 15.2. The highest BCUT2D eigenvalue weighted by Gasteiger charge is 2.68. The third-order valence-electron chi connectivity index (χ3n) is 8.79. The van der Waals surface area contributed by atoms with Crippen molar-refractivity contribution in [2.75, 3.05) is 17.2 Å². The quantitative estimate of drug-likeness (QED) is 0.224. The Morgan fingerprint density at radius 1 is 0.674 bits per heavy atom. The van der Waals surface area contributed by atoms with E-state index in [0.29, 0.717) is 18.0 Å². The van der Waals surface area contributed by atoms with Crippen LogP contribution in [0.25, 0.3) is 0 Å². The number of carbonyl (C=O) groups excluding carboxylic acids is 2. The van der Waals surface area contributed by atoms with Crippen LogP contribution in [0.4, 0.5) is 21.0 Å². The molecule has 10 nitrogen and oxygen atoms in total. The minimum atomic E-state index is -0.791. The average molecular weight is 622 g/mol. The Balaban J connectivity index is 1.00. The predicted molar refractivity (Wildman–Crippen MR) is 169 cm³/mol. The smallest absolute Gasteiger partial charge is 0.411 e. The second-order valence-electron chi connectivity index (χ2n) is 11.9. The third-order valence-corrected chi connectivity index (χ3v) is 8.79. The van der Waals surface area contributed by atoms with Gasteiger partial charge in [0.1, 0.15) is 43.1 Å². The number of nitrogens with one attached hydrogen (secondary N) is 2. The molecular formula is C36H35N3O7. The van der Waals surface area contributed by atoms with Gasteiger partial charge in [-0.05, 0) is 60.4 Å². The van der Waals surface area contributed by atoms with Crippen molar-refractivity contribution in [1.29, 1.82) is 0 Å². The molecule has 3 heterocycles. The number of amides is 2. The van der Waals surface area contributed by atoms with Crippen LogP contribution in [-0.4, -0.2) is 42.4 Å². The molecule has 0 radical (unpaired) electrons. The molecule has 2 N–H and O–H groups in total. The van der Waals surface area contributed by atoms with Crippen LogP contribution < -0.4 is 10.6 Å². The largest absolute Gasteiger partial charge is 0.444 e. The van der Waals surface area contributed by atoms with Crippen LogP contribution in [-0.2, 0) is 48.1 Å². The van der Waals surface area contributed by atoms with Crippen molar-refractivity contribution in [3.63, 3.8) is 0 Å². The summed E-state index contributed by atoms with van der Waals surface area (Å²) in [6.07, 6.45) is -2.11. The minimum absolute atomic E-state index is 0.190. The molecule has 3 fully saturated rings. The number of hydrogen-bond acceptors (Lipinski definition) is 8. The number of rotatable bonds is 8. The molecule has 3 aliphatic heterocycles. The van der Waals surface area contributed by atoms with Crippen molar-refractivity contribution in [3.8, 4) is 0 Å². The molecule has 0 aliphatic carbocycles. The maximum Gasteiger partial charge on any atom is 0.411 e. The molecule has 4 aromatic carbocycles. The lowest BCUT2D eigenvalue weighted by molar-refractivity contribution is -0.138. The fourth-order valence-corrected chi connectivity index (χ4v) is 6.34. The maximum absolute atomic E-state index is 12.4. The molecule has 0 spiro atoms. The van der Waals surface area contributed by atoms with Crippen molar-refractivity contribution in [2.24, 2.45) is 0 Å². The molecule has 2 amide bonds. The highest BCUT2D eigenvalue weighted by atomic mass is 16.7. The van der Waals surface area contributed by atoms with Crippen molar-refractivity contribution >= 4 is 23.6 Å². The highest BCUT2D eigenvalue weighted by molar-refractivity contribution is 5.85. The number of carbonyl (C=O) groups is 2. The Kier molecular flexibility index (Phi) is 7.95. The second-order valence-corrected chi connectivity index (χ2v) is 11.9. The monoisotopic (exact) mass is 621 g/mol. The lowest BCUT2D eigenvalue weighted by Crippen LogP contribution is -2.40. The first-order valence-electron chi connectivity index (χ1n) is 15.2. The lowest BCUT2D eigenvalue weighted by atomic mass is 9.93. The van der Waals surface area contributed by atoms with Gasteiger partial charge in [0, 0.05) is 11.4 Å². The molecule has 0 saturated carbocycles. The summed E-state index contributed by atoms with van der Waals surface area (Å²) in [7, 11) is 0. The predicted octanol–water partition coefficient (Wildman–Crippen LogP) is 6.69. The summed E-state index contributed by atoms with van der Waals surface area (Å²) >= 11 is 0. The molecule has 0 aromatic heterocycles. The third kappa shape index (κ3) is 5.72. The van der Waals surface area contributed by atoms with E-state index in [0.717, 1.165) is 22.3 Å². The van der Waals surface area contributed by atoms with Gasteiger partial charge in [-0.2, -0.15) is 0 Å². The average Bonchev–Trinajstić information content (AvgIpc) is 3.73. The normalized spacial score (nSPS) is 26.3. The molecule has 5 atom stereocenters. The molecule has 3 aliphatic rings. The summed E-state index contributed by atoms with van der Waals surface area (Å²) in [5, 5.41) is 5.57.